The van der Waals surface area contributed by atoms with Crippen molar-refractivity contribution in [2.24, 2.45) is 5.84 Å². The Bertz CT molecular complexity index is 2040. The van der Waals surface area contributed by atoms with Crippen LogP contribution in [0.3, 0.4) is 0 Å². The van der Waals surface area contributed by atoms with Gasteiger partial charge < -0.3 is 0 Å². The minimum absolute atomic E-state index is 0.0797. The second-order valence-corrected chi connectivity index (χ2v) is 12.4. The quantitative estimate of drug-likeness (QED) is 0.175. The molecule has 1 spiro atoms. The summed E-state index contributed by atoms with van der Waals surface area (Å²) >= 11 is 0. The maximum atomic E-state index is 7.01. The Labute approximate surface area is 246 Å². The van der Waals surface area contributed by atoms with Crippen LogP contribution in [0, 0.1) is 0 Å². The highest BCUT2D eigenvalue weighted by molar-refractivity contribution is 5.96. The van der Waals surface area contributed by atoms with Crippen LogP contribution in [0.2, 0.25) is 0 Å². The van der Waals surface area contributed by atoms with E-state index < -0.39 is 0 Å². The highest BCUT2D eigenvalue weighted by atomic mass is 15.4. The molecular formula is C40H30N2. The molecule has 0 fully saturated rings. The average Bonchev–Trinajstić information content (AvgIpc) is 3.59. The molecule has 0 heterocycles. The van der Waals surface area contributed by atoms with Crippen LogP contribution in [0.15, 0.2) is 133 Å². The number of anilines is 2. The van der Waals surface area contributed by atoms with E-state index in [0.29, 0.717) is 0 Å². The van der Waals surface area contributed by atoms with Crippen molar-refractivity contribution in [3.05, 3.63) is 167 Å². The molecule has 0 aliphatic heterocycles. The molecule has 3 aliphatic carbocycles. The number of fused-ring (bicyclic) bond motifs is 13. The van der Waals surface area contributed by atoms with E-state index in [9.17, 15) is 0 Å². The monoisotopic (exact) mass is 538 g/mol. The van der Waals surface area contributed by atoms with Gasteiger partial charge in [-0.05, 0) is 91.0 Å². The first-order chi connectivity index (χ1) is 20.5. The van der Waals surface area contributed by atoms with E-state index in [2.05, 4.69) is 147 Å². The summed E-state index contributed by atoms with van der Waals surface area (Å²) < 4.78 is 0. The van der Waals surface area contributed by atoms with E-state index >= 15 is 0 Å². The first-order valence-electron chi connectivity index (χ1n) is 14.7. The molecule has 0 aromatic heterocycles. The molecule has 6 aromatic carbocycles. The second kappa shape index (κ2) is 8.09. The van der Waals surface area contributed by atoms with E-state index in [4.69, 9.17) is 5.84 Å². The van der Waals surface area contributed by atoms with Crippen LogP contribution in [-0.2, 0) is 10.8 Å². The van der Waals surface area contributed by atoms with Gasteiger partial charge in [-0.2, -0.15) is 0 Å². The highest BCUT2D eigenvalue weighted by Crippen LogP contribution is 2.63. The number of hydrazine groups is 1. The normalized spacial score (nSPS) is 15.4. The lowest BCUT2D eigenvalue weighted by Crippen LogP contribution is -2.28. The summed E-state index contributed by atoms with van der Waals surface area (Å²) in [6, 6.07) is 49.0. The largest absolute Gasteiger partial charge is 0.280 e. The SMILES string of the molecule is CC1(C)c2ccccc2-c2ccc(N(N)c3ccc4c(c3)C3(c5ccccc5-c5ccccc53)c3ccccc3-4)cc21. The number of hydrogen-bond donors (Lipinski definition) is 1. The van der Waals surface area contributed by atoms with Crippen molar-refractivity contribution < 1.29 is 0 Å². The zero-order valence-electron chi connectivity index (χ0n) is 23.7. The van der Waals surface area contributed by atoms with Crippen molar-refractivity contribution in [3.63, 3.8) is 0 Å². The van der Waals surface area contributed by atoms with Crippen LogP contribution in [0.1, 0.15) is 47.2 Å². The lowest BCUT2D eigenvalue weighted by atomic mass is 9.70. The maximum absolute atomic E-state index is 7.01. The number of hydrogen-bond acceptors (Lipinski definition) is 2. The first-order valence-corrected chi connectivity index (χ1v) is 14.7. The van der Waals surface area contributed by atoms with Crippen molar-refractivity contribution in [3.8, 4) is 33.4 Å². The molecule has 2 heteroatoms. The number of benzene rings is 6. The third-order valence-electron chi connectivity index (χ3n) is 10.1. The third kappa shape index (κ3) is 2.78. The second-order valence-electron chi connectivity index (χ2n) is 12.4. The minimum Gasteiger partial charge on any atom is -0.280 e. The summed E-state index contributed by atoms with van der Waals surface area (Å²) in [5, 5.41) is 1.86. The Morgan fingerprint density at radius 3 is 1.26 bits per heavy atom. The summed E-state index contributed by atoms with van der Waals surface area (Å²) in [6.45, 7) is 4.63. The van der Waals surface area contributed by atoms with E-state index in [1.54, 1.807) is 0 Å². The number of nitrogens with zero attached hydrogens (tertiary/aromatic N) is 1. The van der Waals surface area contributed by atoms with Gasteiger partial charge in [-0.1, -0.05) is 123 Å². The lowest BCUT2D eigenvalue weighted by molar-refractivity contribution is 0.660. The fraction of sp³-hybridized carbons (Fsp3) is 0.100. The van der Waals surface area contributed by atoms with Crippen LogP contribution in [0.25, 0.3) is 33.4 Å². The molecule has 2 nitrogen and oxygen atoms in total. The standard InChI is InChI=1S/C40H30N2/c1-39(2)33-15-7-3-11-27(33)31-21-19-25(23-37(31)39)42(41)26-20-22-32-30-14-6-10-18-36(30)40(38(32)24-26)34-16-8-4-12-28(34)29-13-5-9-17-35(29)40/h3-24H,41H2,1-2H3. The summed E-state index contributed by atoms with van der Waals surface area (Å²) in [6.07, 6.45) is 0. The molecule has 0 saturated carbocycles. The lowest BCUT2D eigenvalue weighted by Gasteiger charge is -2.31. The van der Waals surface area contributed by atoms with Gasteiger partial charge in [0.1, 0.15) is 0 Å². The zero-order chi connectivity index (χ0) is 28.2. The van der Waals surface area contributed by atoms with Crippen molar-refractivity contribution in [1.29, 1.82) is 0 Å². The van der Waals surface area contributed by atoms with Crippen LogP contribution < -0.4 is 10.9 Å². The molecule has 0 unspecified atom stereocenters. The van der Waals surface area contributed by atoms with E-state index in [0.717, 1.165) is 11.4 Å². The van der Waals surface area contributed by atoms with Crippen molar-refractivity contribution in [2.45, 2.75) is 24.7 Å². The summed E-state index contributed by atoms with van der Waals surface area (Å²) in [5.74, 6) is 7.01. The first kappa shape index (κ1) is 23.8. The van der Waals surface area contributed by atoms with Crippen LogP contribution in [-0.4, -0.2) is 0 Å². The molecule has 200 valence electrons. The van der Waals surface area contributed by atoms with Crippen LogP contribution in [0.4, 0.5) is 11.4 Å². The summed E-state index contributed by atoms with van der Waals surface area (Å²) in [7, 11) is 0. The Kier molecular flexibility index (Phi) is 4.58. The maximum Gasteiger partial charge on any atom is 0.0726 e. The predicted molar refractivity (Wildman–Crippen MR) is 173 cm³/mol. The summed E-state index contributed by atoms with van der Waals surface area (Å²) in [5.41, 5.74) is 17.4. The number of rotatable bonds is 2. The van der Waals surface area contributed by atoms with Crippen LogP contribution >= 0.6 is 0 Å². The molecule has 2 N–H and O–H groups in total. The zero-order valence-corrected chi connectivity index (χ0v) is 23.7. The topological polar surface area (TPSA) is 29.3 Å². The van der Waals surface area contributed by atoms with Crippen LogP contribution in [0.5, 0.6) is 0 Å². The summed E-state index contributed by atoms with van der Waals surface area (Å²) in [4.78, 5) is 0. The Hall–Kier alpha value is -4.92. The molecule has 6 aromatic rings. The van der Waals surface area contributed by atoms with Gasteiger partial charge in [0, 0.05) is 5.41 Å². The molecule has 3 aliphatic rings. The number of nitrogens with two attached hydrogens (primary N) is 1. The van der Waals surface area contributed by atoms with E-state index in [1.165, 1.54) is 66.8 Å². The van der Waals surface area contributed by atoms with Crippen molar-refractivity contribution in [1.82, 2.24) is 0 Å². The third-order valence-corrected chi connectivity index (χ3v) is 10.1. The molecule has 42 heavy (non-hydrogen) atoms. The van der Waals surface area contributed by atoms with E-state index in [1.807, 2.05) is 5.01 Å². The fourth-order valence-corrected chi connectivity index (χ4v) is 8.22. The smallest absolute Gasteiger partial charge is 0.0726 e. The van der Waals surface area contributed by atoms with Crippen molar-refractivity contribution in [2.75, 3.05) is 5.01 Å². The molecular weight excluding hydrogens is 508 g/mol. The molecule has 0 amide bonds. The highest BCUT2D eigenvalue weighted by Gasteiger charge is 2.51. The van der Waals surface area contributed by atoms with Gasteiger partial charge in [0.25, 0.3) is 0 Å². The van der Waals surface area contributed by atoms with E-state index in [-0.39, 0.29) is 10.8 Å². The molecule has 0 atom stereocenters. The molecule has 0 saturated heterocycles. The Morgan fingerprint density at radius 1 is 0.405 bits per heavy atom. The van der Waals surface area contributed by atoms with Gasteiger partial charge in [0.15, 0.2) is 0 Å². The molecule has 0 radical (unpaired) electrons. The van der Waals surface area contributed by atoms with Gasteiger partial charge in [-0.25, -0.2) is 5.84 Å². The van der Waals surface area contributed by atoms with Gasteiger partial charge >= 0.3 is 0 Å². The predicted octanol–water partition coefficient (Wildman–Crippen LogP) is 9.35. The van der Waals surface area contributed by atoms with Gasteiger partial charge in [0.05, 0.1) is 16.8 Å². The Morgan fingerprint density at radius 2 is 0.762 bits per heavy atom. The average molecular weight is 539 g/mol. The van der Waals surface area contributed by atoms with Gasteiger partial charge in [0.2, 0.25) is 0 Å². The Balaban J connectivity index is 1.24. The molecule has 0 bridgehead atoms. The van der Waals surface area contributed by atoms with Crippen molar-refractivity contribution >= 4 is 11.4 Å². The van der Waals surface area contributed by atoms with Gasteiger partial charge in [-0.3, -0.25) is 5.01 Å². The van der Waals surface area contributed by atoms with Gasteiger partial charge in [-0.15, -0.1) is 0 Å². The fourth-order valence-electron chi connectivity index (χ4n) is 8.22. The minimum atomic E-state index is -0.377. The molecule has 9 rings (SSSR count).